The van der Waals surface area contributed by atoms with Crippen LogP contribution in [-0.4, -0.2) is 55.7 Å². The first-order valence-electron chi connectivity index (χ1n) is 10.0. The number of phenolic OH excluding ortho intramolecular Hbond substituents is 1. The molecule has 0 amide bonds. The van der Waals surface area contributed by atoms with Gasteiger partial charge in [-0.05, 0) is 37.0 Å². The average Bonchev–Trinajstić information content (AvgIpc) is 3.40. The van der Waals surface area contributed by atoms with Crippen molar-refractivity contribution in [2.45, 2.75) is 39.3 Å². The van der Waals surface area contributed by atoms with E-state index in [0.29, 0.717) is 35.2 Å². The van der Waals surface area contributed by atoms with Crippen molar-refractivity contribution in [2.75, 3.05) is 18.0 Å². The minimum atomic E-state index is 0. The molecule has 2 aromatic heterocycles. The Morgan fingerprint density at radius 2 is 1.94 bits per heavy atom. The minimum absolute atomic E-state index is 0. The fourth-order valence-electron chi connectivity index (χ4n) is 3.91. The van der Waals surface area contributed by atoms with Crippen LogP contribution in [0, 0.1) is 5.92 Å². The zero-order valence-electron chi connectivity index (χ0n) is 17.8. The molecule has 2 atom stereocenters. The number of aromatic amines is 1. The molecule has 0 bridgehead atoms. The van der Waals surface area contributed by atoms with Crippen molar-refractivity contribution in [1.82, 2.24) is 30.7 Å². The number of rotatable bonds is 6. The molecule has 8 nitrogen and oxygen atoms in total. The maximum absolute atomic E-state index is 10.4. The molecule has 31 heavy (non-hydrogen) atoms. The maximum atomic E-state index is 10.4. The number of benzene rings is 1. The second-order valence-corrected chi connectivity index (χ2v) is 7.97. The van der Waals surface area contributed by atoms with Crippen LogP contribution in [0.4, 0.5) is 5.95 Å². The molecule has 4 rings (SSSR count). The number of nitrogens with one attached hydrogen (secondary N) is 2. The van der Waals surface area contributed by atoms with Crippen molar-refractivity contribution in [2.24, 2.45) is 5.92 Å². The van der Waals surface area contributed by atoms with E-state index in [4.69, 9.17) is 0 Å². The van der Waals surface area contributed by atoms with Gasteiger partial charge in [-0.25, -0.2) is 4.98 Å². The van der Waals surface area contributed by atoms with Gasteiger partial charge in [-0.1, -0.05) is 19.9 Å². The number of aromatic nitrogens is 5. The SMILES string of the molecule is CC(C)NC(C)C1CCN(c2ncc(-c3ccc(-c4cn[nH]c4)cc3O)nn2)C1.Cl.Cl. The van der Waals surface area contributed by atoms with Crippen molar-refractivity contribution in [3.05, 3.63) is 36.8 Å². The summed E-state index contributed by atoms with van der Waals surface area (Å²) in [5.41, 5.74) is 2.95. The van der Waals surface area contributed by atoms with Crippen molar-refractivity contribution in [3.8, 4) is 28.1 Å². The lowest BCUT2D eigenvalue weighted by Crippen LogP contribution is -2.39. The van der Waals surface area contributed by atoms with E-state index in [2.05, 4.69) is 56.4 Å². The fourth-order valence-corrected chi connectivity index (χ4v) is 3.91. The first-order valence-corrected chi connectivity index (χ1v) is 10.0. The smallest absolute Gasteiger partial charge is 0.245 e. The van der Waals surface area contributed by atoms with Gasteiger partial charge in [-0.3, -0.25) is 5.10 Å². The van der Waals surface area contributed by atoms with Crippen LogP contribution in [0.3, 0.4) is 0 Å². The molecule has 2 unspecified atom stereocenters. The second kappa shape index (κ2) is 10.7. The van der Waals surface area contributed by atoms with Crippen LogP contribution < -0.4 is 10.2 Å². The number of hydrogen-bond acceptors (Lipinski definition) is 7. The third-order valence-corrected chi connectivity index (χ3v) is 5.47. The first-order chi connectivity index (χ1) is 14.0. The monoisotopic (exact) mass is 465 g/mol. The molecular weight excluding hydrogens is 437 g/mol. The van der Waals surface area contributed by atoms with Gasteiger partial charge in [0.2, 0.25) is 5.95 Å². The van der Waals surface area contributed by atoms with Crippen LogP contribution in [-0.2, 0) is 0 Å². The fraction of sp³-hybridized carbons (Fsp3) is 0.429. The van der Waals surface area contributed by atoms with Gasteiger partial charge in [-0.2, -0.15) is 5.10 Å². The summed E-state index contributed by atoms with van der Waals surface area (Å²) in [5, 5.41) is 29.4. The maximum Gasteiger partial charge on any atom is 0.245 e. The van der Waals surface area contributed by atoms with E-state index in [0.717, 1.165) is 30.6 Å². The Balaban J connectivity index is 0.00000171. The molecular formula is C21H29Cl2N7O. The third-order valence-electron chi connectivity index (χ3n) is 5.47. The van der Waals surface area contributed by atoms with Crippen LogP contribution in [0.25, 0.3) is 22.4 Å². The summed E-state index contributed by atoms with van der Waals surface area (Å²) in [7, 11) is 0. The number of anilines is 1. The van der Waals surface area contributed by atoms with Crippen LogP contribution in [0.5, 0.6) is 5.75 Å². The zero-order chi connectivity index (χ0) is 20.4. The largest absolute Gasteiger partial charge is 0.507 e. The number of aromatic hydroxyl groups is 1. The number of H-pyrrole nitrogens is 1. The Bertz CT molecular complexity index is 951. The normalized spacial score (nSPS) is 16.6. The molecule has 0 saturated carbocycles. The van der Waals surface area contributed by atoms with E-state index in [1.165, 1.54) is 0 Å². The average molecular weight is 466 g/mol. The summed E-state index contributed by atoms with van der Waals surface area (Å²) in [6.07, 6.45) is 6.29. The lowest BCUT2D eigenvalue weighted by atomic mass is 10.00. The quantitative estimate of drug-likeness (QED) is 0.509. The Kier molecular flexibility index (Phi) is 8.61. The number of phenols is 1. The van der Waals surface area contributed by atoms with E-state index in [-0.39, 0.29) is 30.6 Å². The van der Waals surface area contributed by atoms with Gasteiger partial charge in [0.05, 0.1) is 12.4 Å². The molecule has 0 aliphatic carbocycles. The van der Waals surface area contributed by atoms with Crippen molar-refractivity contribution in [3.63, 3.8) is 0 Å². The molecule has 1 aliphatic rings. The second-order valence-electron chi connectivity index (χ2n) is 7.97. The molecule has 3 heterocycles. The van der Waals surface area contributed by atoms with Crippen molar-refractivity contribution in [1.29, 1.82) is 0 Å². The van der Waals surface area contributed by atoms with Crippen LogP contribution in [0.1, 0.15) is 27.2 Å². The van der Waals surface area contributed by atoms with Gasteiger partial charge in [0.25, 0.3) is 0 Å². The van der Waals surface area contributed by atoms with E-state index in [1.807, 2.05) is 12.1 Å². The third kappa shape index (κ3) is 5.64. The molecule has 10 heteroatoms. The molecule has 1 aliphatic heterocycles. The molecule has 3 N–H and O–H groups in total. The highest BCUT2D eigenvalue weighted by Crippen LogP contribution is 2.32. The van der Waals surface area contributed by atoms with Gasteiger partial charge in [0.15, 0.2) is 0 Å². The van der Waals surface area contributed by atoms with E-state index >= 15 is 0 Å². The Hall–Kier alpha value is -2.42. The molecule has 1 saturated heterocycles. The summed E-state index contributed by atoms with van der Waals surface area (Å²) < 4.78 is 0. The summed E-state index contributed by atoms with van der Waals surface area (Å²) in [6.45, 7) is 8.44. The molecule has 1 aromatic carbocycles. The van der Waals surface area contributed by atoms with Crippen molar-refractivity contribution < 1.29 is 5.11 Å². The van der Waals surface area contributed by atoms with Crippen LogP contribution in [0.2, 0.25) is 0 Å². The Morgan fingerprint density at radius 1 is 1.13 bits per heavy atom. The molecule has 1 fully saturated rings. The predicted molar refractivity (Wildman–Crippen MR) is 127 cm³/mol. The highest BCUT2D eigenvalue weighted by molar-refractivity contribution is 5.85. The highest BCUT2D eigenvalue weighted by atomic mass is 35.5. The summed E-state index contributed by atoms with van der Waals surface area (Å²) in [4.78, 5) is 6.69. The zero-order valence-corrected chi connectivity index (χ0v) is 19.5. The predicted octanol–water partition coefficient (Wildman–Crippen LogP) is 3.69. The van der Waals surface area contributed by atoms with Crippen LogP contribution in [0.15, 0.2) is 36.8 Å². The first kappa shape index (κ1) is 24.8. The topological polar surface area (TPSA) is 103 Å². The van der Waals surface area contributed by atoms with Gasteiger partial charge in [0.1, 0.15) is 11.4 Å². The van der Waals surface area contributed by atoms with Gasteiger partial charge < -0.3 is 15.3 Å². The van der Waals surface area contributed by atoms with E-state index < -0.39 is 0 Å². The highest BCUT2D eigenvalue weighted by Gasteiger charge is 2.29. The summed E-state index contributed by atoms with van der Waals surface area (Å²) >= 11 is 0. The van der Waals surface area contributed by atoms with Gasteiger partial charge in [0, 0.05) is 42.5 Å². The number of nitrogens with zero attached hydrogens (tertiary/aromatic N) is 5. The van der Waals surface area contributed by atoms with E-state index in [1.54, 1.807) is 24.7 Å². The minimum Gasteiger partial charge on any atom is -0.507 e. The lowest BCUT2D eigenvalue weighted by Gasteiger charge is -2.23. The Morgan fingerprint density at radius 3 is 2.55 bits per heavy atom. The summed E-state index contributed by atoms with van der Waals surface area (Å²) in [5.74, 6) is 1.35. The summed E-state index contributed by atoms with van der Waals surface area (Å²) in [6, 6.07) is 6.38. The molecule has 168 valence electrons. The molecule has 3 aromatic rings. The van der Waals surface area contributed by atoms with Crippen LogP contribution >= 0.6 is 24.8 Å². The standard InChI is InChI=1S/C21H27N7O.2ClH/c1-13(2)25-14(3)16-6-7-28(12-16)21-22-11-19(26-27-21)18-5-4-15(8-20(18)29)17-9-23-24-10-17;;/h4-5,8-11,13-14,16,25,29H,6-7,12H2,1-3H3,(H,23,24);2*1H. The number of halogens is 2. The van der Waals surface area contributed by atoms with Gasteiger partial charge >= 0.3 is 0 Å². The molecule has 0 radical (unpaired) electrons. The molecule has 0 spiro atoms. The lowest BCUT2D eigenvalue weighted by molar-refractivity contribution is 0.375. The van der Waals surface area contributed by atoms with Gasteiger partial charge in [-0.15, -0.1) is 35.0 Å². The number of hydrogen-bond donors (Lipinski definition) is 3. The Labute approximate surface area is 194 Å². The van der Waals surface area contributed by atoms with Crippen molar-refractivity contribution >= 4 is 30.8 Å². The van der Waals surface area contributed by atoms with E-state index in [9.17, 15) is 5.11 Å².